The molecule has 29 heavy (non-hydrogen) atoms. The lowest BCUT2D eigenvalue weighted by Gasteiger charge is -2.28. The number of fused-ring (bicyclic) bond motifs is 1. The maximum absolute atomic E-state index is 14.8. The third kappa shape index (κ3) is 3.80. The minimum absolute atomic E-state index is 0.00996. The van der Waals surface area contributed by atoms with Gasteiger partial charge in [0, 0.05) is 28.1 Å². The van der Waals surface area contributed by atoms with Gasteiger partial charge in [0.05, 0.1) is 11.7 Å². The Balaban J connectivity index is 1.70. The van der Waals surface area contributed by atoms with Gasteiger partial charge in [-0.25, -0.2) is 17.8 Å². The van der Waals surface area contributed by atoms with Crippen molar-refractivity contribution < 1.29 is 22.7 Å². The van der Waals surface area contributed by atoms with E-state index < -0.39 is 27.1 Å². The van der Waals surface area contributed by atoms with Crippen molar-refractivity contribution in [1.82, 2.24) is 9.36 Å². The summed E-state index contributed by atoms with van der Waals surface area (Å²) in [6.45, 7) is 1.82. The molecule has 1 aromatic heterocycles. The maximum Gasteiger partial charge on any atom is 0.282 e. The number of halogens is 2. The van der Waals surface area contributed by atoms with Crippen LogP contribution in [0, 0.1) is 5.82 Å². The van der Waals surface area contributed by atoms with Crippen molar-refractivity contribution in [2.45, 2.75) is 24.3 Å². The van der Waals surface area contributed by atoms with E-state index in [0.29, 0.717) is 0 Å². The second-order valence-electron chi connectivity index (χ2n) is 6.18. The highest BCUT2D eigenvalue weighted by atomic mass is 79.9. The van der Waals surface area contributed by atoms with Crippen molar-refractivity contribution in [3.63, 3.8) is 0 Å². The number of hydrogen-bond acceptors (Lipinski definition) is 8. The molecular formula is C17H14BrFN4O4S2. The summed E-state index contributed by atoms with van der Waals surface area (Å²) < 4.78 is 51.9. The smallest absolute Gasteiger partial charge is 0.282 e. The third-order valence-corrected chi connectivity index (χ3v) is 6.94. The van der Waals surface area contributed by atoms with Crippen LogP contribution in [-0.2, 0) is 10.0 Å². The molecule has 1 aliphatic rings. The lowest BCUT2D eigenvalue weighted by Crippen LogP contribution is -2.36. The predicted octanol–water partition coefficient (Wildman–Crippen LogP) is 3.48. The molecule has 0 aliphatic carbocycles. The molecule has 0 saturated heterocycles. The standard InChI is InChI=1S/C17H14BrFN4O4S2/c1-9(10-3-2-4-11(18)5-10)23-13-6-12(19)15(7-14(13)27-17(23)24)29(25,26)22-16-20-8-21-28-16/h2-9,17,24H,1H3,(H,20,21,22)/t9-,17?/m1/s1. The van der Waals surface area contributed by atoms with Gasteiger partial charge in [0.25, 0.3) is 16.4 Å². The van der Waals surface area contributed by atoms with Gasteiger partial charge in [-0.3, -0.25) is 4.72 Å². The summed E-state index contributed by atoms with van der Waals surface area (Å²) in [5, 5.41) is 10.4. The fourth-order valence-corrected chi connectivity index (χ4v) is 5.18. The molecule has 0 saturated carbocycles. The van der Waals surface area contributed by atoms with Gasteiger partial charge in [0.1, 0.15) is 22.8 Å². The van der Waals surface area contributed by atoms with E-state index in [9.17, 15) is 17.9 Å². The summed E-state index contributed by atoms with van der Waals surface area (Å²) in [7, 11) is -4.25. The number of aromatic nitrogens is 2. The van der Waals surface area contributed by atoms with Crippen molar-refractivity contribution in [1.29, 1.82) is 0 Å². The van der Waals surface area contributed by atoms with Crippen LogP contribution in [0.3, 0.4) is 0 Å². The first-order chi connectivity index (χ1) is 13.8. The number of rotatable bonds is 5. The van der Waals surface area contributed by atoms with Crippen LogP contribution in [0.15, 0.2) is 52.1 Å². The lowest BCUT2D eigenvalue weighted by molar-refractivity contribution is -0.00771. The molecule has 152 valence electrons. The van der Waals surface area contributed by atoms with E-state index in [1.165, 1.54) is 11.2 Å². The Morgan fingerprint density at radius 3 is 2.86 bits per heavy atom. The van der Waals surface area contributed by atoms with Gasteiger partial charge in [-0.05, 0) is 24.6 Å². The number of anilines is 2. The molecule has 1 unspecified atom stereocenters. The van der Waals surface area contributed by atoms with E-state index in [1.54, 1.807) is 0 Å². The molecule has 8 nitrogen and oxygen atoms in total. The van der Waals surface area contributed by atoms with Gasteiger partial charge in [0.2, 0.25) is 5.13 Å². The number of sulfonamides is 1. The van der Waals surface area contributed by atoms with Gasteiger partial charge in [-0.15, -0.1) is 0 Å². The van der Waals surface area contributed by atoms with Crippen molar-refractivity contribution in [2.75, 3.05) is 9.62 Å². The van der Waals surface area contributed by atoms with Gasteiger partial charge in [-0.1, -0.05) is 28.1 Å². The average molecular weight is 501 g/mol. The molecule has 12 heteroatoms. The SMILES string of the molecule is C[C@H](c1cccc(Br)c1)N1c2cc(F)c(S(=O)(=O)Nc3ncns3)cc2OC1O. The Kier molecular flexibility index (Phi) is 5.19. The molecule has 3 aromatic rings. The molecule has 0 fully saturated rings. The van der Waals surface area contributed by atoms with E-state index in [4.69, 9.17) is 4.74 Å². The normalized spacial score (nSPS) is 17.0. The van der Waals surface area contributed by atoms with Crippen LogP contribution < -0.4 is 14.4 Å². The minimum atomic E-state index is -4.25. The number of aliphatic hydroxyl groups is 1. The van der Waals surface area contributed by atoms with Gasteiger partial charge in [0.15, 0.2) is 0 Å². The Hall–Kier alpha value is -2.28. The Labute approximate surface area is 178 Å². The van der Waals surface area contributed by atoms with Crippen molar-refractivity contribution in [3.05, 3.63) is 58.6 Å². The number of benzene rings is 2. The predicted molar refractivity (Wildman–Crippen MR) is 109 cm³/mol. The van der Waals surface area contributed by atoms with E-state index >= 15 is 0 Å². The van der Waals surface area contributed by atoms with Gasteiger partial charge >= 0.3 is 0 Å². The van der Waals surface area contributed by atoms with E-state index in [2.05, 4.69) is 30.0 Å². The molecular weight excluding hydrogens is 487 g/mol. The quantitative estimate of drug-likeness (QED) is 0.552. The Morgan fingerprint density at radius 1 is 1.38 bits per heavy atom. The van der Waals surface area contributed by atoms with Crippen LogP contribution >= 0.6 is 27.5 Å². The van der Waals surface area contributed by atoms with Gasteiger partial charge in [-0.2, -0.15) is 4.37 Å². The number of aliphatic hydroxyl groups excluding tert-OH is 1. The summed E-state index contributed by atoms with van der Waals surface area (Å²) >= 11 is 4.22. The summed E-state index contributed by atoms with van der Waals surface area (Å²) in [5.41, 5.74) is 1.10. The first kappa shape index (κ1) is 20.0. The number of nitrogens with one attached hydrogen (secondary N) is 1. The van der Waals surface area contributed by atoms with Gasteiger partial charge < -0.3 is 14.7 Å². The highest BCUT2D eigenvalue weighted by Gasteiger charge is 2.36. The zero-order chi connectivity index (χ0) is 20.8. The first-order valence-corrected chi connectivity index (χ1v) is 11.3. The number of hydrogen-bond donors (Lipinski definition) is 2. The highest BCUT2D eigenvalue weighted by Crippen LogP contribution is 2.44. The monoisotopic (exact) mass is 500 g/mol. The highest BCUT2D eigenvalue weighted by molar-refractivity contribution is 9.10. The van der Waals surface area contributed by atoms with Crippen LogP contribution in [0.25, 0.3) is 0 Å². The van der Waals surface area contributed by atoms with E-state index in [1.807, 2.05) is 31.2 Å². The van der Waals surface area contributed by atoms with Crippen molar-refractivity contribution in [3.8, 4) is 5.75 Å². The zero-order valence-corrected chi connectivity index (χ0v) is 18.0. The molecule has 0 spiro atoms. The largest absolute Gasteiger partial charge is 0.444 e. The summed E-state index contributed by atoms with van der Waals surface area (Å²) in [6.07, 6.45) is -0.213. The lowest BCUT2D eigenvalue weighted by atomic mass is 10.1. The van der Waals surface area contributed by atoms with E-state index in [0.717, 1.165) is 33.7 Å². The summed E-state index contributed by atoms with van der Waals surface area (Å²) in [6, 6.07) is 9.15. The van der Waals surface area contributed by atoms with Crippen LogP contribution in [0.2, 0.25) is 0 Å². The minimum Gasteiger partial charge on any atom is -0.444 e. The topological polar surface area (TPSA) is 105 Å². The van der Waals surface area contributed by atoms with Crippen molar-refractivity contribution in [2.24, 2.45) is 0 Å². The third-order valence-electron chi connectivity index (χ3n) is 4.38. The molecule has 0 bridgehead atoms. The first-order valence-electron chi connectivity index (χ1n) is 8.28. The van der Waals surface area contributed by atoms with Crippen LogP contribution in [0.1, 0.15) is 18.5 Å². The van der Waals surface area contributed by atoms with E-state index in [-0.39, 0.29) is 22.6 Å². The second-order valence-corrected chi connectivity index (χ2v) is 9.53. The maximum atomic E-state index is 14.8. The molecule has 0 amide bonds. The van der Waals surface area contributed by atoms with Crippen LogP contribution in [-0.4, -0.2) is 29.3 Å². The molecule has 2 aromatic carbocycles. The van der Waals surface area contributed by atoms with Crippen LogP contribution in [0.4, 0.5) is 15.2 Å². The molecule has 4 rings (SSSR count). The second kappa shape index (κ2) is 7.52. The molecule has 2 atom stereocenters. The fourth-order valence-electron chi connectivity index (χ4n) is 3.03. The van der Waals surface area contributed by atoms with Crippen molar-refractivity contribution >= 4 is 48.3 Å². The fraction of sp³-hybridized carbons (Fsp3) is 0.176. The zero-order valence-electron chi connectivity index (χ0n) is 14.8. The summed E-state index contributed by atoms with van der Waals surface area (Å²) in [5.74, 6) is -0.928. The average Bonchev–Trinajstić information content (AvgIpc) is 3.26. The molecule has 2 N–H and O–H groups in total. The Morgan fingerprint density at radius 2 is 2.17 bits per heavy atom. The Bertz CT molecular complexity index is 1160. The number of nitrogens with zero attached hydrogens (tertiary/aromatic N) is 3. The molecule has 0 radical (unpaired) electrons. The van der Waals surface area contributed by atoms with Crippen LogP contribution in [0.5, 0.6) is 5.75 Å². The molecule has 2 heterocycles. The summed E-state index contributed by atoms with van der Waals surface area (Å²) in [4.78, 5) is 4.58. The molecule has 1 aliphatic heterocycles. The number of ether oxygens (including phenoxy) is 1.